The highest BCUT2D eigenvalue weighted by molar-refractivity contribution is 6.00. The predicted molar refractivity (Wildman–Crippen MR) is 94.8 cm³/mol. The van der Waals surface area contributed by atoms with E-state index in [1.165, 1.54) is 0 Å². The van der Waals surface area contributed by atoms with Crippen LogP contribution in [-0.4, -0.2) is 42.3 Å². The minimum atomic E-state index is -0.303. The first-order valence-electron chi connectivity index (χ1n) is 8.97. The maximum Gasteiger partial charge on any atom is 0.228 e. The van der Waals surface area contributed by atoms with Crippen molar-refractivity contribution >= 4 is 23.4 Å². The standard InChI is InChI=1S/C19H25N3O3/c1-2-13-5-3-4-6-16(13)22-12-15(11-17(22)23)19(25)21-9-7-14(8-10-21)18(20)24/h3-6,14-15H,2,7-12H2,1H3,(H2,20,24). The quantitative estimate of drug-likeness (QED) is 0.895. The SMILES string of the molecule is CCc1ccccc1N1CC(C(=O)N2CCC(C(N)=O)CC2)CC1=O. The van der Waals surface area contributed by atoms with E-state index in [2.05, 4.69) is 6.92 Å². The number of benzene rings is 1. The van der Waals surface area contributed by atoms with Gasteiger partial charge in [0, 0.05) is 37.7 Å². The summed E-state index contributed by atoms with van der Waals surface area (Å²) in [5.41, 5.74) is 7.38. The first-order valence-corrected chi connectivity index (χ1v) is 8.97. The van der Waals surface area contributed by atoms with Gasteiger partial charge in [-0.15, -0.1) is 0 Å². The number of hydrogen-bond acceptors (Lipinski definition) is 3. The van der Waals surface area contributed by atoms with E-state index in [1.54, 1.807) is 9.80 Å². The van der Waals surface area contributed by atoms with Gasteiger partial charge in [-0.3, -0.25) is 14.4 Å². The topological polar surface area (TPSA) is 83.7 Å². The Kier molecular flexibility index (Phi) is 5.06. The second-order valence-corrected chi connectivity index (χ2v) is 6.89. The Labute approximate surface area is 148 Å². The second-order valence-electron chi connectivity index (χ2n) is 6.89. The summed E-state index contributed by atoms with van der Waals surface area (Å²) >= 11 is 0. The molecule has 2 heterocycles. The van der Waals surface area contributed by atoms with Crippen LogP contribution in [-0.2, 0) is 20.8 Å². The van der Waals surface area contributed by atoms with Gasteiger partial charge in [0.1, 0.15) is 0 Å². The molecule has 0 aromatic heterocycles. The van der Waals surface area contributed by atoms with E-state index in [4.69, 9.17) is 5.73 Å². The summed E-state index contributed by atoms with van der Waals surface area (Å²) in [5.74, 6) is -0.700. The number of hydrogen-bond donors (Lipinski definition) is 1. The van der Waals surface area contributed by atoms with Crippen LogP contribution in [0.15, 0.2) is 24.3 Å². The highest BCUT2D eigenvalue weighted by Gasteiger charge is 2.38. The van der Waals surface area contributed by atoms with Gasteiger partial charge in [-0.05, 0) is 30.9 Å². The fourth-order valence-corrected chi connectivity index (χ4v) is 3.82. The van der Waals surface area contributed by atoms with Crippen LogP contribution in [0.5, 0.6) is 0 Å². The molecule has 134 valence electrons. The average Bonchev–Trinajstić information content (AvgIpc) is 3.02. The Morgan fingerprint density at radius 2 is 1.84 bits per heavy atom. The Balaban J connectivity index is 1.66. The third kappa shape index (κ3) is 3.52. The number of aryl methyl sites for hydroxylation is 1. The number of carbonyl (C=O) groups is 3. The van der Waals surface area contributed by atoms with Crippen molar-refractivity contribution < 1.29 is 14.4 Å². The number of likely N-dealkylation sites (tertiary alicyclic amines) is 1. The fourth-order valence-electron chi connectivity index (χ4n) is 3.82. The van der Waals surface area contributed by atoms with Gasteiger partial charge in [-0.1, -0.05) is 25.1 Å². The molecule has 0 spiro atoms. The van der Waals surface area contributed by atoms with Gasteiger partial charge in [0.05, 0.1) is 5.92 Å². The molecule has 0 bridgehead atoms. The molecule has 1 atom stereocenters. The van der Waals surface area contributed by atoms with E-state index in [-0.39, 0.29) is 36.0 Å². The van der Waals surface area contributed by atoms with Gasteiger partial charge in [-0.2, -0.15) is 0 Å². The van der Waals surface area contributed by atoms with E-state index in [0.29, 0.717) is 32.5 Å². The highest BCUT2D eigenvalue weighted by Crippen LogP contribution is 2.30. The Morgan fingerprint density at radius 3 is 2.48 bits per heavy atom. The smallest absolute Gasteiger partial charge is 0.228 e. The van der Waals surface area contributed by atoms with Crippen LogP contribution in [0.25, 0.3) is 0 Å². The predicted octanol–water partition coefficient (Wildman–Crippen LogP) is 1.33. The summed E-state index contributed by atoms with van der Waals surface area (Å²) in [4.78, 5) is 40.1. The van der Waals surface area contributed by atoms with Crippen LogP contribution in [0.1, 0.15) is 31.7 Å². The molecular weight excluding hydrogens is 318 g/mol. The number of nitrogens with two attached hydrogens (primary N) is 1. The lowest BCUT2D eigenvalue weighted by molar-refractivity contribution is -0.138. The zero-order chi connectivity index (χ0) is 18.0. The van der Waals surface area contributed by atoms with Crippen LogP contribution in [0.4, 0.5) is 5.69 Å². The fraction of sp³-hybridized carbons (Fsp3) is 0.526. The van der Waals surface area contributed by atoms with Crippen LogP contribution in [0.2, 0.25) is 0 Å². The summed E-state index contributed by atoms with van der Waals surface area (Å²) in [6, 6.07) is 7.86. The van der Waals surface area contributed by atoms with E-state index >= 15 is 0 Å². The van der Waals surface area contributed by atoms with Crippen molar-refractivity contribution in [2.24, 2.45) is 17.6 Å². The first kappa shape index (κ1) is 17.5. The zero-order valence-corrected chi connectivity index (χ0v) is 14.6. The van der Waals surface area contributed by atoms with Crippen molar-refractivity contribution in [2.75, 3.05) is 24.5 Å². The van der Waals surface area contributed by atoms with Crippen molar-refractivity contribution in [3.63, 3.8) is 0 Å². The van der Waals surface area contributed by atoms with E-state index in [1.807, 2.05) is 24.3 Å². The maximum atomic E-state index is 12.8. The van der Waals surface area contributed by atoms with Gasteiger partial charge < -0.3 is 15.5 Å². The van der Waals surface area contributed by atoms with Crippen LogP contribution in [0.3, 0.4) is 0 Å². The Morgan fingerprint density at radius 1 is 1.16 bits per heavy atom. The summed E-state index contributed by atoms with van der Waals surface area (Å²) < 4.78 is 0. The molecule has 3 amide bonds. The molecule has 0 aliphatic carbocycles. The van der Waals surface area contributed by atoms with Crippen molar-refractivity contribution in [1.82, 2.24) is 4.90 Å². The molecule has 25 heavy (non-hydrogen) atoms. The highest BCUT2D eigenvalue weighted by atomic mass is 16.2. The van der Waals surface area contributed by atoms with Gasteiger partial charge in [0.15, 0.2) is 0 Å². The molecule has 3 rings (SSSR count). The average molecular weight is 343 g/mol. The number of anilines is 1. The van der Waals surface area contributed by atoms with E-state index in [0.717, 1.165) is 17.7 Å². The molecule has 2 saturated heterocycles. The molecule has 1 unspecified atom stereocenters. The van der Waals surface area contributed by atoms with Crippen molar-refractivity contribution in [2.45, 2.75) is 32.6 Å². The number of rotatable bonds is 4. The molecule has 0 saturated carbocycles. The number of primary amides is 1. The molecule has 2 fully saturated rings. The van der Waals surface area contributed by atoms with E-state index < -0.39 is 0 Å². The molecule has 6 nitrogen and oxygen atoms in total. The third-order valence-electron chi connectivity index (χ3n) is 5.35. The molecule has 6 heteroatoms. The molecule has 2 aliphatic rings. The molecule has 0 radical (unpaired) electrons. The lowest BCUT2D eigenvalue weighted by Gasteiger charge is -2.32. The van der Waals surface area contributed by atoms with Crippen LogP contribution < -0.4 is 10.6 Å². The molecule has 2 N–H and O–H groups in total. The van der Waals surface area contributed by atoms with Crippen molar-refractivity contribution in [3.8, 4) is 0 Å². The third-order valence-corrected chi connectivity index (χ3v) is 5.35. The van der Waals surface area contributed by atoms with Crippen LogP contribution in [0, 0.1) is 11.8 Å². The second kappa shape index (κ2) is 7.25. The summed E-state index contributed by atoms with van der Waals surface area (Å²) in [5, 5.41) is 0. The first-order chi connectivity index (χ1) is 12.0. The van der Waals surface area contributed by atoms with Crippen molar-refractivity contribution in [3.05, 3.63) is 29.8 Å². The van der Waals surface area contributed by atoms with Gasteiger partial charge >= 0.3 is 0 Å². The molecule has 1 aromatic carbocycles. The largest absolute Gasteiger partial charge is 0.369 e. The number of nitrogens with zero attached hydrogens (tertiary/aromatic N) is 2. The van der Waals surface area contributed by atoms with Gasteiger partial charge in [0.2, 0.25) is 17.7 Å². The van der Waals surface area contributed by atoms with E-state index in [9.17, 15) is 14.4 Å². The minimum Gasteiger partial charge on any atom is -0.369 e. The zero-order valence-electron chi connectivity index (χ0n) is 14.6. The summed E-state index contributed by atoms with van der Waals surface area (Å²) in [7, 11) is 0. The number of carbonyl (C=O) groups excluding carboxylic acids is 3. The summed E-state index contributed by atoms with van der Waals surface area (Å²) in [6.07, 6.45) is 2.33. The monoisotopic (exact) mass is 343 g/mol. The Hall–Kier alpha value is -2.37. The van der Waals surface area contributed by atoms with Gasteiger partial charge in [-0.25, -0.2) is 0 Å². The van der Waals surface area contributed by atoms with Crippen LogP contribution >= 0.6 is 0 Å². The Bertz CT molecular complexity index is 680. The molecule has 2 aliphatic heterocycles. The lowest BCUT2D eigenvalue weighted by Crippen LogP contribution is -2.44. The maximum absolute atomic E-state index is 12.8. The summed E-state index contributed by atoms with van der Waals surface area (Å²) in [6.45, 7) is 3.58. The number of amides is 3. The number of para-hydroxylation sites is 1. The normalized spacial score (nSPS) is 21.6. The lowest BCUT2D eigenvalue weighted by atomic mass is 9.95. The number of piperidine rings is 1. The molecule has 1 aromatic rings. The minimum absolute atomic E-state index is 0.00581. The molecular formula is C19H25N3O3. The van der Waals surface area contributed by atoms with Crippen molar-refractivity contribution in [1.29, 1.82) is 0 Å². The van der Waals surface area contributed by atoms with Gasteiger partial charge in [0.25, 0.3) is 0 Å².